The topological polar surface area (TPSA) is 92.6 Å². The first-order chi connectivity index (χ1) is 23.4. The molecule has 7 rings (SSSR count). The van der Waals surface area contributed by atoms with Crippen LogP contribution in [0.4, 0.5) is 5.13 Å². The molecule has 1 atom stereocenters. The summed E-state index contributed by atoms with van der Waals surface area (Å²) in [6.45, 7) is 4.18. The molecule has 1 aliphatic heterocycles. The van der Waals surface area contributed by atoms with Gasteiger partial charge in [-0.25, -0.2) is 0 Å². The van der Waals surface area contributed by atoms with E-state index < -0.39 is 17.7 Å². The molecule has 0 radical (unpaired) electrons. The van der Waals surface area contributed by atoms with Gasteiger partial charge in [0, 0.05) is 11.3 Å². The molecule has 1 saturated heterocycles. The van der Waals surface area contributed by atoms with Crippen LogP contribution in [0.25, 0.3) is 16.5 Å². The van der Waals surface area contributed by atoms with Gasteiger partial charge in [0.15, 0.2) is 4.34 Å². The third-order valence-electron chi connectivity index (χ3n) is 8.37. The van der Waals surface area contributed by atoms with Crippen LogP contribution in [0.2, 0.25) is 0 Å². The number of ketones is 1. The molecule has 9 heteroatoms. The Labute approximate surface area is 286 Å². The summed E-state index contributed by atoms with van der Waals surface area (Å²) in [4.78, 5) is 28.9. The van der Waals surface area contributed by atoms with Gasteiger partial charge in [0.2, 0.25) is 5.13 Å². The SMILES string of the molecule is Cc1ccc(C)c(C(O)=C2C(=O)C(=O)N(c3nnc(SCc4cccc5ccccc45)s3)C2c2ccc(OCc3ccccc3)cc2)c1. The summed E-state index contributed by atoms with van der Waals surface area (Å²) in [6, 6.07) is 36.3. The van der Waals surface area contributed by atoms with E-state index >= 15 is 0 Å². The second-order valence-corrected chi connectivity index (χ2v) is 13.8. The lowest BCUT2D eigenvalue weighted by molar-refractivity contribution is -0.132. The number of benzene rings is 5. The molecule has 238 valence electrons. The lowest BCUT2D eigenvalue weighted by Crippen LogP contribution is -2.29. The molecule has 7 nitrogen and oxygen atoms in total. The smallest absolute Gasteiger partial charge is 0.301 e. The van der Waals surface area contributed by atoms with Crippen LogP contribution in [0.1, 0.15) is 39.4 Å². The molecule has 6 aromatic rings. The first-order valence-electron chi connectivity index (χ1n) is 15.5. The number of anilines is 1. The summed E-state index contributed by atoms with van der Waals surface area (Å²) in [7, 11) is 0. The Morgan fingerprint density at radius 3 is 2.44 bits per heavy atom. The van der Waals surface area contributed by atoms with E-state index in [1.165, 1.54) is 38.9 Å². The fourth-order valence-electron chi connectivity index (χ4n) is 5.88. The van der Waals surface area contributed by atoms with Gasteiger partial charge in [-0.3, -0.25) is 14.5 Å². The van der Waals surface area contributed by atoms with Crippen molar-refractivity contribution in [3.8, 4) is 5.75 Å². The van der Waals surface area contributed by atoms with E-state index in [-0.39, 0.29) is 16.5 Å². The minimum atomic E-state index is -0.919. The predicted molar refractivity (Wildman–Crippen MR) is 191 cm³/mol. The normalized spacial score (nSPS) is 15.7. The number of hydrogen-bond donors (Lipinski definition) is 1. The number of rotatable bonds is 9. The molecule has 48 heavy (non-hydrogen) atoms. The lowest BCUT2D eigenvalue weighted by Gasteiger charge is -2.23. The summed E-state index contributed by atoms with van der Waals surface area (Å²) in [6.07, 6.45) is 0. The minimum absolute atomic E-state index is 0.00631. The van der Waals surface area contributed by atoms with Crippen molar-refractivity contribution in [2.24, 2.45) is 0 Å². The second kappa shape index (κ2) is 13.5. The monoisotopic (exact) mass is 669 g/mol. The fraction of sp³-hybridized carbons (Fsp3) is 0.128. The molecule has 0 bridgehead atoms. The van der Waals surface area contributed by atoms with Crippen LogP contribution in [0, 0.1) is 13.8 Å². The van der Waals surface area contributed by atoms with Crippen LogP contribution in [-0.4, -0.2) is 27.0 Å². The zero-order chi connectivity index (χ0) is 33.2. The van der Waals surface area contributed by atoms with E-state index in [4.69, 9.17) is 4.74 Å². The van der Waals surface area contributed by atoms with Gasteiger partial charge in [0.25, 0.3) is 5.78 Å². The molecular weight excluding hydrogens is 639 g/mol. The number of nitrogens with zero attached hydrogens (tertiary/aromatic N) is 3. The summed E-state index contributed by atoms with van der Waals surface area (Å²) < 4.78 is 6.66. The van der Waals surface area contributed by atoms with Crippen molar-refractivity contribution in [2.45, 2.75) is 36.6 Å². The Hall–Kier alpha value is -5.25. The molecule has 0 saturated carbocycles. The number of ether oxygens (including phenoxy) is 1. The molecule has 1 fully saturated rings. The van der Waals surface area contributed by atoms with E-state index in [0.717, 1.165) is 22.1 Å². The van der Waals surface area contributed by atoms with Crippen LogP contribution in [0.3, 0.4) is 0 Å². The van der Waals surface area contributed by atoms with E-state index in [0.29, 0.717) is 33.6 Å². The number of carbonyl (C=O) groups excluding carboxylic acids is 2. The zero-order valence-electron chi connectivity index (χ0n) is 26.3. The number of aliphatic hydroxyl groups excluding tert-OH is 1. The van der Waals surface area contributed by atoms with Crippen molar-refractivity contribution in [1.82, 2.24) is 10.2 Å². The highest BCUT2D eigenvalue weighted by molar-refractivity contribution is 8.00. The lowest BCUT2D eigenvalue weighted by atomic mass is 9.93. The number of aromatic nitrogens is 2. The highest BCUT2D eigenvalue weighted by Gasteiger charge is 2.48. The van der Waals surface area contributed by atoms with E-state index in [1.54, 1.807) is 0 Å². The highest BCUT2D eigenvalue weighted by Crippen LogP contribution is 2.45. The first-order valence-corrected chi connectivity index (χ1v) is 17.3. The van der Waals surface area contributed by atoms with E-state index in [2.05, 4.69) is 34.5 Å². The molecule has 1 N–H and O–H groups in total. The molecule has 1 aromatic heterocycles. The molecule has 0 aliphatic carbocycles. The number of aliphatic hydroxyl groups is 1. The Bertz CT molecular complexity index is 2170. The molecule has 2 heterocycles. The number of fused-ring (bicyclic) bond motifs is 1. The highest BCUT2D eigenvalue weighted by atomic mass is 32.2. The van der Waals surface area contributed by atoms with Crippen molar-refractivity contribution in [2.75, 3.05) is 4.90 Å². The summed E-state index contributed by atoms with van der Waals surface area (Å²) in [5, 5.41) is 23.1. The molecule has 1 unspecified atom stereocenters. The Morgan fingerprint density at radius 2 is 1.62 bits per heavy atom. The van der Waals surface area contributed by atoms with Gasteiger partial charge in [-0.05, 0) is 65.1 Å². The van der Waals surface area contributed by atoms with E-state index in [1.807, 2.05) is 105 Å². The Balaban J connectivity index is 1.23. The predicted octanol–water partition coefficient (Wildman–Crippen LogP) is 8.81. The van der Waals surface area contributed by atoms with Crippen LogP contribution >= 0.6 is 23.1 Å². The average Bonchev–Trinajstić information content (AvgIpc) is 3.69. The maximum Gasteiger partial charge on any atom is 0.301 e. The number of hydrogen-bond acceptors (Lipinski definition) is 8. The van der Waals surface area contributed by atoms with Crippen molar-refractivity contribution in [3.05, 3.63) is 154 Å². The average molecular weight is 670 g/mol. The number of amides is 1. The van der Waals surface area contributed by atoms with Gasteiger partial charge in [0.1, 0.15) is 18.1 Å². The van der Waals surface area contributed by atoms with Crippen molar-refractivity contribution in [1.29, 1.82) is 0 Å². The molecular formula is C39H31N3O4S2. The maximum absolute atomic E-state index is 13.8. The molecule has 0 spiro atoms. The summed E-state index contributed by atoms with van der Waals surface area (Å²) in [5.74, 6) is -0.463. The van der Waals surface area contributed by atoms with Crippen molar-refractivity contribution >= 4 is 56.5 Å². The van der Waals surface area contributed by atoms with Gasteiger partial charge in [-0.1, -0.05) is 126 Å². The minimum Gasteiger partial charge on any atom is -0.507 e. The maximum atomic E-state index is 13.8. The third-order valence-corrected chi connectivity index (χ3v) is 10.5. The van der Waals surface area contributed by atoms with Crippen LogP contribution in [0.15, 0.2) is 125 Å². The molecule has 1 amide bonds. The fourth-order valence-corrected chi connectivity index (χ4v) is 7.76. The van der Waals surface area contributed by atoms with Gasteiger partial charge in [0.05, 0.1) is 11.6 Å². The Kier molecular flexibility index (Phi) is 8.80. The standard InChI is InChI=1S/C39H31N3O4S2/c1-24-15-16-25(2)32(21-24)35(43)33-34(28-17-19-30(20-18-28)46-22-26-9-4-3-5-10-26)42(37(45)36(33)44)38-40-41-39(48-38)47-23-29-13-8-12-27-11-6-7-14-31(27)29/h3-21,34,43H,22-23H2,1-2H3. The number of carbonyl (C=O) groups is 2. The van der Waals surface area contributed by atoms with Crippen LogP contribution in [-0.2, 0) is 21.9 Å². The van der Waals surface area contributed by atoms with Gasteiger partial charge in [-0.2, -0.15) is 0 Å². The number of aryl methyl sites for hydroxylation is 2. The number of Topliss-reactive ketones (excluding diaryl/α,β-unsaturated/α-hetero) is 1. The number of thioether (sulfide) groups is 1. The van der Waals surface area contributed by atoms with Crippen molar-refractivity contribution in [3.63, 3.8) is 0 Å². The van der Waals surface area contributed by atoms with Gasteiger partial charge in [-0.15, -0.1) is 10.2 Å². The third kappa shape index (κ3) is 6.22. The van der Waals surface area contributed by atoms with Crippen LogP contribution in [0.5, 0.6) is 5.75 Å². The second-order valence-electron chi connectivity index (χ2n) is 11.6. The molecule has 5 aromatic carbocycles. The van der Waals surface area contributed by atoms with Crippen molar-refractivity contribution < 1.29 is 19.4 Å². The quantitative estimate of drug-likeness (QED) is 0.0541. The summed E-state index contributed by atoms with van der Waals surface area (Å²) >= 11 is 2.77. The largest absolute Gasteiger partial charge is 0.507 e. The first kappa shape index (κ1) is 31.4. The summed E-state index contributed by atoms with van der Waals surface area (Å²) in [5.41, 5.74) is 5.05. The zero-order valence-corrected chi connectivity index (χ0v) is 27.9. The van der Waals surface area contributed by atoms with Crippen LogP contribution < -0.4 is 9.64 Å². The Morgan fingerprint density at radius 1 is 0.875 bits per heavy atom. The van der Waals surface area contributed by atoms with Gasteiger partial charge < -0.3 is 9.84 Å². The molecule has 1 aliphatic rings. The van der Waals surface area contributed by atoms with Gasteiger partial charge >= 0.3 is 5.91 Å². The van der Waals surface area contributed by atoms with E-state index in [9.17, 15) is 14.7 Å².